The van der Waals surface area contributed by atoms with Crippen LogP contribution in [-0.4, -0.2) is 30.9 Å². The van der Waals surface area contributed by atoms with Gasteiger partial charge in [0, 0.05) is 5.92 Å². The average molecular weight is 302 g/mol. The molecular weight excluding hydrogens is 279 g/mol. The van der Waals surface area contributed by atoms with Gasteiger partial charge in [-0.1, -0.05) is 12.2 Å². The zero-order valence-electron chi connectivity index (χ0n) is 12.3. The van der Waals surface area contributed by atoms with Crippen molar-refractivity contribution >= 4 is 13.6 Å². The molecule has 0 amide bonds. The number of carbonyl (C=O) groups excluding carboxylic acids is 1. The molecule has 114 valence electrons. The molecule has 2 bridgehead atoms. The zero-order chi connectivity index (χ0) is 14.8. The maximum Gasteiger partial charge on any atom is 0.348 e. The zero-order valence-corrected chi connectivity index (χ0v) is 13.2. The summed E-state index contributed by atoms with van der Waals surface area (Å²) in [6.45, 7) is 6.03. The van der Waals surface area contributed by atoms with Crippen LogP contribution in [0, 0.1) is 11.8 Å². The van der Waals surface area contributed by atoms with Crippen molar-refractivity contribution in [2.24, 2.45) is 11.8 Å². The van der Waals surface area contributed by atoms with Gasteiger partial charge in [-0.2, -0.15) is 0 Å². The molecule has 5 nitrogen and oxygen atoms in total. The molecule has 3 atom stereocenters. The van der Waals surface area contributed by atoms with E-state index in [2.05, 4.69) is 6.08 Å². The van der Waals surface area contributed by atoms with Gasteiger partial charge in [0.1, 0.15) is 0 Å². The second-order valence-electron chi connectivity index (χ2n) is 5.17. The first kappa shape index (κ1) is 15.7. The molecule has 1 saturated carbocycles. The Morgan fingerprint density at radius 1 is 1.20 bits per heavy atom. The van der Waals surface area contributed by atoms with Gasteiger partial charge in [-0.05, 0) is 39.5 Å². The Labute approximate surface area is 120 Å². The van der Waals surface area contributed by atoms with Crippen molar-refractivity contribution < 1.29 is 23.1 Å². The Morgan fingerprint density at radius 2 is 1.85 bits per heavy atom. The van der Waals surface area contributed by atoms with Crippen molar-refractivity contribution in [2.75, 3.05) is 19.8 Å². The van der Waals surface area contributed by atoms with Gasteiger partial charge >= 0.3 is 13.6 Å². The van der Waals surface area contributed by atoms with Crippen LogP contribution in [0.5, 0.6) is 0 Å². The van der Waals surface area contributed by atoms with E-state index in [-0.39, 0.29) is 31.7 Å². The lowest BCUT2D eigenvalue weighted by molar-refractivity contribution is -0.148. The first-order chi connectivity index (χ1) is 9.54. The van der Waals surface area contributed by atoms with Gasteiger partial charge < -0.3 is 13.8 Å². The van der Waals surface area contributed by atoms with Gasteiger partial charge in [0.25, 0.3) is 0 Å². The highest BCUT2D eigenvalue weighted by Gasteiger charge is 2.67. The van der Waals surface area contributed by atoms with Crippen LogP contribution in [0.2, 0.25) is 0 Å². The van der Waals surface area contributed by atoms with Gasteiger partial charge in [-0.15, -0.1) is 0 Å². The summed E-state index contributed by atoms with van der Waals surface area (Å²) >= 11 is 0. The fourth-order valence-electron chi connectivity index (χ4n) is 3.36. The van der Waals surface area contributed by atoms with Gasteiger partial charge in [0.05, 0.1) is 19.8 Å². The van der Waals surface area contributed by atoms with Crippen LogP contribution in [0.3, 0.4) is 0 Å². The van der Waals surface area contributed by atoms with E-state index in [1.807, 2.05) is 6.08 Å². The van der Waals surface area contributed by atoms with Crippen molar-refractivity contribution in [2.45, 2.75) is 38.8 Å². The maximum absolute atomic E-state index is 13.3. The molecule has 0 radical (unpaired) electrons. The Hall–Kier alpha value is -0.640. The minimum absolute atomic E-state index is 0.115. The number of carbonyl (C=O) groups is 1. The molecule has 0 aliphatic heterocycles. The number of fused-ring (bicyclic) bond motifs is 2. The fourth-order valence-corrected chi connectivity index (χ4v) is 5.92. The van der Waals surface area contributed by atoms with Crippen LogP contribution in [-0.2, 0) is 23.1 Å². The molecule has 0 N–H and O–H groups in total. The molecule has 0 aromatic carbocycles. The quantitative estimate of drug-likeness (QED) is 0.411. The molecule has 0 saturated heterocycles. The normalized spacial score (nSPS) is 31.8. The largest absolute Gasteiger partial charge is 0.465 e. The summed E-state index contributed by atoms with van der Waals surface area (Å²) in [6.07, 6.45) is 5.37. The third kappa shape index (κ3) is 2.26. The number of hydrogen-bond donors (Lipinski definition) is 0. The van der Waals surface area contributed by atoms with Crippen molar-refractivity contribution in [3.8, 4) is 0 Å². The molecule has 1 fully saturated rings. The lowest BCUT2D eigenvalue weighted by Gasteiger charge is -2.37. The van der Waals surface area contributed by atoms with E-state index < -0.39 is 18.7 Å². The molecule has 2 aliphatic carbocycles. The van der Waals surface area contributed by atoms with Crippen molar-refractivity contribution in [3.05, 3.63) is 12.2 Å². The number of allylic oxidation sites excluding steroid dienone is 2. The van der Waals surface area contributed by atoms with Crippen molar-refractivity contribution in [3.63, 3.8) is 0 Å². The number of rotatable bonds is 7. The molecule has 6 heteroatoms. The molecule has 0 aromatic heterocycles. The minimum atomic E-state index is -3.55. The molecular formula is C14H23O5P. The highest BCUT2D eigenvalue weighted by molar-refractivity contribution is 7.56. The molecule has 0 aromatic rings. The van der Waals surface area contributed by atoms with Crippen LogP contribution in [0.4, 0.5) is 0 Å². The smallest absolute Gasteiger partial charge is 0.348 e. The summed E-state index contributed by atoms with van der Waals surface area (Å²) in [7, 11) is -3.55. The molecule has 0 unspecified atom stereocenters. The fraction of sp³-hybridized carbons (Fsp3) is 0.786. The van der Waals surface area contributed by atoms with Crippen LogP contribution in [0.1, 0.15) is 33.6 Å². The van der Waals surface area contributed by atoms with E-state index >= 15 is 0 Å². The highest BCUT2D eigenvalue weighted by atomic mass is 31.2. The van der Waals surface area contributed by atoms with Crippen molar-refractivity contribution in [1.82, 2.24) is 0 Å². The molecule has 2 rings (SSSR count). The number of esters is 1. The predicted molar refractivity (Wildman–Crippen MR) is 75.6 cm³/mol. The second kappa shape index (κ2) is 6.00. The first-order valence-electron chi connectivity index (χ1n) is 7.28. The summed E-state index contributed by atoms with van der Waals surface area (Å²) in [5.41, 5.74) is 0. The molecule has 0 spiro atoms. The number of hydrogen-bond acceptors (Lipinski definition) is 5. The van der Waals surface area contributed by atoms with Gasteiger partial charge in [-0.25, -0.2) is 0 Å². The maximum atomic E-state index is 13.3. The lowest BCUT2D eigenvalue weighted by atomic mass is 9.92. The molecule has 0 heterocycles. The Morgan fingerprint density at radius 3 is 2.25 bits per heavy atom. The Bertz CT molecular complexity index is 437. The minimum Gasteiger partial charge on any atom is -0.465 e. The molecule has 2 aliphatic rings. The van der Waals surface area contributed by atoms with Crippen LogP contribution in [0.25, 0.3) is 0 Å². The van der Waals surface area contributed by atoms with E-state index in [9.17, 15) is 9.36 Å². The van der Waals surface area contributed by atoms with Crippen molar-refractivity contribution in [1.29, 1.82) is 0 Å². The van der Waals surface area contributed by atoms with Crippen LogP contribution >= 0.6 is 7.60 Å². The standard InChI is InChI=1S/C14H23O5P/c1-4-17-13(15)14(10-11-7-8-12(14)9-11)20(16,18-5-2)19-6-3/h7-8,11-12H,4-6,9-10H2,1-3H3/t11-,12+,14+/m0/s1. The van der Waals surface area contributed by atoms with E-state index in [0.717, 1.165) is 6.42 Å². The summed E-state index contributed by atoms with van der Waals surface area (Å²) in [5, 5.41) is -1.16. The number of ether oxygens (including phenoxy) is 1. The lowest BCUT2D eigenvalue weighted by Crippen LogP contribution is -2.45. The first-order valence-corrected chi connectivity index (χ1v) is 8.83. The third-order valence-corrected chi connectivity index (χ3v) is 6.95. The molecule has 20 heavy (non-hydrogen) atoms. The topological polar surface area (TPSA) is 61.8 Å². The summed E-state index contributed by atoms with van der Waals surface area (Å²) in [4.78, 5) is 12.6. The van der Waals surface area contributed by atoms with Crippen LogP contribution in [0.15, 0.2) is 12.2 Å². The predicted octanol–water partition coefficient (Wildman–Crippen LogP) is 3.15. The van der Waals surface area contributed by atoms with E-state index in [4.69, 9.17) is 13.8 Å². The monoisotopic (exact) mass is 302 g/mol. The van der Waals surface area contributed by atoms with Gasteiger partial charge in [0.15, 0.2) is 5.16 Å². The third-order valence-electron chi connectivity index (χ3n) is 4.07. The van der Waals surface area contributed by atoms with Gasteiger partial charge in [-0.3, -0.25) is 9.36 Å². The average Bonchev–Trinajstić information content (AvgIpc) is 3.00. The summed E-state index contributed by atoms with van der Waals surface area (Å²) in [6, 6.07) is 0. The second-order valence-corrected chi connectivity index (χ2v) is 7.48. The SMILES string of the molecule is CCOC(=O)[C@@]1(P(=O)(OCC)OCC)C[C@H]2C=C[C@@H]1C2. The van der Waals surface area contributed by atoms with E-state index in [0.29, 0.717) is 6.42 Å². The van der Waals surface area contributed by atoms with Crippen LogP contribution < -0.4 is 0 Å². The highest BCUT2D eigenvalue weighted by Crippen LogP contribution is 2.71. The van der Waals surface area contributed by atoms with E-state index in [1.54, 1.807) is 20.8 Å². The van der Waals surface area contributed by atoms with E-state index in [1.165, 1.54) is 0 Å². The summed E-state index contributed by atoms with van der Waals surface area (Å²) in [5.74, 6) is -0.295. The Balaban J connectivity index is 2.43. The van der Waals surface area contributed by atoms with Gasteiger partial charge in [0.2, 0.25) is 0 Å². The Kier molecular flexibility index (Phi) is 4.73. The summed E-state index contributed by atoms with van der Waals surface area (Å²) < 4.78 is 29.4.